The van der Waals surface area contributed by atoms with Crippen LogP contribution in [0.4, 0.5) is 4.39 Å². The number of hydrogen-bond acceptors (Lipinski definition) is 2. The maximum atomic E-state index is 12.7. The summed E-state index contributed by atoms with van der Waals surface area (Å²) in [6.45, 7) is 4.44. The smallest absolute Gasteiger partial charge is 0.123 e. The molecule has 2 aromatic rings. The van der Waals surface area contributed by atoms with Crippen LogP contribution in [0.15, 0.2) is 36.5 Å². The van der Waals surface area contributed by atoms with Crippen LogP contribution >= 0.6 is 12.4 Å². The average molecular weight is 270 g/mol. The van der Waals surface area contributed by atoms with E-state index in [2.05, 4.69) is 17.3 Å². The number of rotatable bonds is 5. The molecule has 0 radical (unpaired) electrons. The van der Waals surface area contributed by atoms with Gasteiger partial charge in [0.25, 0.3) is 0 Å². The first-order chi connectivity index (χ1) is 8.29. The van der Waals surface area contributed by atoms with Crippen LogP contribution in [-0.2, 0) is 19.6 Å². The van der Waals surface area contributed by atoms with Gasteiger partial charge in [-0.2, -0.15) is 5.10 Å². The third kappa shape index (κ3) is 3.82. The molecule has 0 saturated heterocycles. The lowest BCUT2D eigenvalue weighted by Crippen LogP contribution is -2.16. The topological polar surface area (TPSA) is 29.9 Å². The molecule has 0 atom stereocenters. The highest BCUT2D eigenvalue weighted by Crippen LogP contribution is 2.03. The van der Waals surface area contributed by atoms with Crippen molar-refractivity contribution in [2.75, 3.05) is 0 Å². The molecule has 98 valence electrons. The molecule has 0 unspecified atom stereocenters. The molecule has 0 amide bonds. The molecule has 3 nitrogen and oxygen atoms in total. The van der Waals surface area contributed by atoms with E-state index in [0.717, 1.165) is 30.9 Å². The predicted molar refractivity (Wildman–Crippen MR) is 72.1 cm³/mol. The maximum absolute atomic E-state index is 12.7. The largest absolute Gasteiger partial charge is 0.307 e. The number of benzene rings is 1. The fourth-order valence-corrected chi connectivity index (χ4v) is 1.73. The lowest BCUT2D eigenvalue weighted by Gasteiger charge is -2.06. The van der Waals surface area contributed by atoms with Crippen LogP contribution in [0.3, 0.4) is 0 Å². The third-order valence-electron chi connectivity index (χ3n) is 2.65. The highest BCUT2D eigenvalue weighted by atomic mass is 35.5. The Morgan fingerprint density at radius 1 is 1.17 bits per heavy atom. The Bertz CT molecular complexity index is 467. The fraction of sp³-hybridized carbons (Fsp3) is 0.308. The molecular weight excluding hydrogens is 253 g/mol. The van der Waals surface area contributed by atoms with E-state index < -0.39 is 0 Å². The second-order valence-corrected chi connectivity index (χ2v) is 3.87. The molecular formula is C13H17ClFN3. The molecule has 5 heteroatoms. The van der Waals surface area contributed by atoms with Gasteiger partial charge in [-0.3, -0.25) is 4.68 Å². The molecule has 0 bridgehead atoms. The average Bonchev–Trinajstić information content (AvgIpc) is 2.79. The number of aromatic nitrogens is 2. The van der Waals surface area contributed by atoms with E-state index in [1.165, 1.54) is 12.1 Å². The standard InChI is InChI=1S/C13H16FN3.ClH/c1-2-17-13(7-8-16-17)10-15-9-11-3-5-12(14)6-4-11;/h3-8,15H,2,9-10H2,1H3;1H. The zero-order valence-corrected chi connectivity index (χ0v) is 11.1. The Balaban J connectivity index is 0.00000162. The molecule has 0 aliphatic rings. The molecule has 1 aromatic heterocycles. The quantitative estimate of drug-likeness (QED) is 0.905. The summed E-state index contributed by atoms with van der Waals surface area (Å²) in [6, 6.07) is 8.54. The Morgan fingerprint density at radius 2 is 1.89 bits per heavy atom. The van der Waals surface area contributed by atoms with Crippen molar-refractivity contribution in [1.29, 1.82) is 0 Å². The van der Waals surface area contributed by atoms with Crippen LogP contribution in [0.1, 0.15) is 18.2 Å². The van der Waals surface area contributed by atoms with Gasteiger partial charge in [-0.15, -0.1) is 12.4 Å². The summed E-state index contributed by atoms with van der Waals surface area (Å²) in [6.07, 6.45) is 1.80. The lowest BCUT2D eigenvalue weighted by atomic mass is 10.2. The first kappa shape index (κ1) is 14.7. The van der Waals surface area contributed by atoms with Gasteiger partial charge in [0.2, 0.25) is 0 Å². The van der Waals surface area contributed by atoms with Gasteiger partial charge >= 0.3 is 0 Å². The van der Waals surface area contributed by atoms with Gasteiger partial charge in [0, 0.05) is 25.8 Å². The van der Waals surface area contributed by atoms with Crippen molar-refractivity contribution in [2.45, 2.75) is 26.6 Å². The van der Waals surface area contributed by atoms with E-state index in [9.17, 15) is 4.39 Å². The summed E-state index contributed by atoms with van der Waals surface area (Å²) >= 11 is 0. The molecule has 0 saturated carbocycles. The zero-order chi connectivity index (χ0) is 12.1. The Morgan fingerprint density at radius 3 is 2.56 bits per heavy atom. The third-order valence-corrected chi connectivity index (χ3v) is 2.65. The molecule has 1 N–H and O–H groups in total. The monoisotopic (exact) mass is 269 g/mol. The van der Waals surface area contributed by atoms with Gasteiger partial charge < -0.3 is 5.32 Å². The Labute approximate surface area is 112 Å². The second-order valence-electron chi connectivity index (χ2n) is 3.87. The van der Waals surface area contributed by atoms with Crippen molar-refractivity contribution in [3.8, 4) is 0 Å². The molecule has 0 fully saturated rings. The van der Waals surface area contributed by atoms with Gasteiger partial charge in [0.15, 0.2) is 0 Å². The van der Waals surface area contributed by atoms with Gasteiger partial charge in [-0.05, 0) is 30.7 Å². The highest BCUT2D eigenvalue weighted by molar-refractivity contribution is 5.85. The van der Waals surface area contributed by atoms with Crippen LogP contribution in [0, 0.1) is 5.82 Å². The number of nitrogens with one attached hydrogen (secondary N) is 1. The summed E-state index contributed by atoms with van der Waals surface area (Å²) in [4.78, 5) is 0. The highest BCUT2D eigenvalue weighted by Gasteiger charge is 2.00. The van der Waals surface area contributed by atoms with Gasteiger partial charge in [0.1, 0.15) is 5.82 Å². The summed E-state index contributed by atoms with van der Waals surface area (Å²) in [5, 5.41) is 7.51. The lowest BCUT2D eigenvalue weighted by molar-refractivity contribution is 0.580. The number of hydrogen-bond donors (Lipinski definition) is 1. The van der Waals surface area contributed by atoms with Gasteiger partial charge in [0.05, 0.1) is 5.69 Å². The van der Waals surface area contributed by atoms with Crippen LogP contribution in [0.25, 0.3) is 0 Å². The SMILES string of the molecule is CCn1nccc1CNCc1ccc(F)cc1.Cl. The fourth-order valence-electron chi connectivity index (χ4n) is 1.73. The molecule has 0 spiro atoms. The molecule has 0 aliphatic heterocycles. The van der Waals surface area contributed by atoms with E-state index in [1.54, 1.807) is 18.3 Å². The van der Waals surface area contributed by atoms with Crippen LogP contribution < -0.4 is 5.32 Å². The maximum Gasteiger partial charge on any atom is 0.123 e. The molecule has 1 aromatic carbocycles. The first-order valence-corrected chi connectivity index (χ1v) is 5.75. The molecule has 0 aliphatic carbocycles. The van der Waals surface area contributed by atoms with E-state index in [-0.39, 0.29) is 18.2 Å². The Kier molecular flexibility index (Phi) is 5.82. The van der Waals surface area contributed by atoms with Crippen molar-refractivity contribution in [3.05, 3.63) is 53.6 Å². The minimum atomic E-state index is -0.196. The van der Waals surface area contributed by atoms with E-state index in [4.69, 9.17) is 0 Å². The molecule has 18 heavy (non-hydrogen) atoms. The second kappa shape index (κ2) is 7.13. The zero-order valence-electron chi connectivity index (χ0n) is 10.3. The predicted octanol–water partition coefficient (Wildman–Crippen LogP) is 2.75. The molecule has 1 heterocycles. The number of nitrogens with zero attached hydrogens (tertiary/aromatic N) is 2. The van der Waals surface area contributed by atoms with E-state index in [0.29, 0.717) is 0 Å². The minimum absolute atomic E-state index is 0. The van der Waals surface area contributed by atoms with Crippen molar-refractivity contribution in [3.63, 3.8) is 0 Å². The summed E-state index contributed by atoms with van der Waals surface area (Å²) in [7, 11) is 0. The minimum Gasteiger partial charge on any atom is -0.307 e. The van der Waals surface area contributed by atoms with Crippen LogP contribution in [0.2, 0.25) is 0 Å². The number of aryl methyl sites for hydroxylation is 1. The van der Waals surface area contributed by atoms with Crippen molar-refractivity contribution in [2.24, 2.45) is 0 Å². The van der Waals surface area contributed by atoms with Gasteiger partial charge in [-0.25, -0.2) is 4.39 Å². The number of halogens is 2. The Hall–Kier alpha value is -1.39. The summed E-state index contributed by atoms with van der Waals surface area (Å²) in [5.41, 5.74) is 2.24. The van der Waals surface area contributed by atoms with Crippen molar-refractivity contribution in [1.82, 2.24) is 15.1 Å². The first-order valence-electron chi connectivity index (χ1n) is 5.75. The van der Waals surface area contributed by atoms with Crippen LogP contribution in [0.5, 0.6) is 0 Å². The van der Waals surface area contributed by atoms with Crippen LogP contribution in [-0.4, -0.2) is 9.78 Å². The van der Waals surface area contributed by atoms with Crippen molar-refractivity contribution < 1.29 is 4.39 Å². The normalized spacial score (nSPS) is 10.1. The van der Waals surface area contributed by atoms with Crippen molar-refractivity contribution >= 4 is 12.4 Å². The molecule has 2 rings (SSSR count). The van der Waals surface area contributed by atoms with E-state index >= 15 is 0 Å². The van der Waals surface area contributed by atoms with Gasteiger partial charge in [-0.1, -0.05) is 12.1 Å². The summed E-state index contributed by atoms with van der Waals surface area (Å²) in [5.74, 6) is -0.196. The van der Waals surface area contributed by atoms with E-state index in [1.807, 2.05) is 10.7 Å². The summed E-state index contributed by atoms with van der Waals surface area (Å²) < 4.78 is 14.7.